The molecule has 0 aliphatic carbocycles. The second kappa shape index (κ2) is 8.27. The largest absolute Gasteiger partial charge is 0.330 e. The molecule has 0 fully saturated rings. The average Bonchev–Trinajstić information content (AvgIpc) is 2.14. The Bertz CT molecular complexity index is 199. The van der Waals surface area contributed by atoms with Gasteiger partial charge in [0.25, 0.3) is 0 Å². The molecule has 2 heteroatoms. The van der Waals surface area contributed by atoms with E-state index >= 15 is 0 Å². The first kappa shape index (κ1) is 12.7. The molecule has 0 aliphatic rings. The van der Waals surface area contributed by atoms with Crippen LogP contribution >= 0.6 is 17.0 Å². The Morgan fingerprint density at radius 2 is 1.62 bits per heavy atom. The normalized spacial score (nSPS) is 9.31. The maximum atomic E-state index is 5.41. The lowest BCUT2D eigenvalue weighted by Gasteiger charge is -1.99. The maximum Gasteiger partial charge on any atom is -0.00773 e. The van der Waals surface area contributed by atoms with Gasteiger partial charge in [0.05, 0.1) is 0 Å². The van der Waals surface area contributed by atoms with Crippen LogP contribution in [-0.4, -0.2) is 6.54 Å². The van der Waals surface area contributed by atoms with Crippen molar-refractivity contribution in [1.29, 1.82) is 0 Å². The second-order valence-corrected chi connectivity index (χ2v) is 3.08. The molecule has 0 bridgehead atoms. The molecule has 0 aromatic heterocycles. The fourth-order valence-corrected chi connectivity index (χ4v) is 1.29. The van der Waals surface area contributed by atoms with E-state index in [2.05, 4.69) is 30.3 Å². The van der Waals surface area contributed by atoms with Crippen LogP contribution in [-0.2, 0) is 6.42 Å². The van der Waals surface area contributed by atoms with Crippen molar-refractivity contribution >= 4 is 17.0 Å². The van der Waals surface area contributed by atoms with E-state index in [1.165, 1.54) is 24.8 Å². The highest BCUT2D eigenvalue weighted by Gasteiger charge is 1.90. The van der Waals surface area contributed by atoms with Gasteiger partial charge in [-0.1, -0.05) is 36.8 Å². The molecule has 0 amide bonds. The zero-order chi connectivity index (χ0) is 8.65. The Hall–Kier alpha value is -0.340. The molecule has 13 heavy (non-hydrogen) atoms. The van der Waals surface area contributed by atoms with Crippen molar-refractivity contribution in [2.24, 2.45) is 5.73 Å². The number of nitrogens with two attached hydrogens (primary N) is 1. The van der Waals surface area contributed by atoms with Gasteiger partial charge in [0, 0.05) is 0 Å². The van der Waals surface area contributed by atoms with Crippen LogP contribution in [0.5, 0.6) is 0 Å². The molecule has 74 valence electrons. The van der Waals surface area contributed by atoms with Gasteiger partial charge >= 0.3 is 0 Å². The Morgan fingerprint density at radius 1 is 0.923 bits per heavy atom. The first-order valence-electron chi connectivity index (χ1n) is 4.67. The lowest BCUT2D eigenvalue weighted by atomic mass is 10.1. The molecule has 0 spiro atoms. The summed E-state index contributed by atoms with van der Waals surface area (Å²) in [5, 5.41) is 0. The summed E-state index contributed by atoms with van der Waals surface area (Å²) in [5.41, 5.74) is 6.85. The molecule has 0 radical (unpaired) electrons. The highest BCUT2D eigenvalue weighted by atomic mass is 79.9. The first-order valence-corrected chi connectivity index (χ1v) is 4.67. The lowest BCUT2D eigenvalue weighted by molar-refractivity contribution is 0.686. The van der Waals surface area contributed by atoms with Gasteiger partial charge in [0.15, 0.2) is 0 Å². The third-order valence-corrected chi connectivity index (χ3v) is 2.01. The molecule has 0 aliphatic heterocycles. The number of hydrogen-bond acceptors (Lipinski definition) is 1. The Labute approximate surface area is 91.1 Å². The Kier molecular flexibility index (Phi) is 8.05. The van der Waals surface area contributed by atoms with Crippen LogP contribution in [0.25, 0.3) is 0 Å². The molecule has 1 aromatic rings. The van der Waals surface area contributed by atoms with Crippen molar-refractivity contribution in [1.82, 2.24) is 0 Å². The quantitative estimate of drug-likeness (QED) is 0.792. The van der Waals surface area contributed by atoms with E-state index in [4.69, 9.17) is 5.73 Å². The van der Waals surface area contributed by atoms with E-state index in [0.717, 1.165) is 13.0 Å². The highest BCUT2D eigenvalue weighted by Crippen LogP contribution is 2.05. The third-order valence-electron chi connectivity index (χ3n) is 2.01. The molecule has 0 saturated heterocycles. The van der Waals surface area contributed by atoms with Crippen LogP contribution in [0.15, 0.2) is 30.3 Å². The molecule has 1 aromatic carbocycles. The maximum absolute atomic E-state index is 5.41. The Balaban J connectivity index is 0.00000144. The molecule has 1 rings (SSSR count). The highest BCUT2D eigenvalue weighted by molar-refractivity contribution is 8.93. The summed E-state index contributed by atoms with van der Waals surface area (Å²) in [4.78, 5) is 0. The van der Waals surface area contributed by atoms with E-state index in [-0.39, 0.29) is 17.0 Å². The molecule has 0 unspecified atom stereocenters. The van der Waals surface area contributed by atoms with E-state index in [9.17, 15) is 0 Å². The van der Waals surface area contributed by atoms with Crippen LogP contribution in [0.4, 0.5) is 0 Å². The van der Waals surface area contributed by atoms with E-state index < -0.39 is 0 Å². The molecule has 0 saturated carbocycles. The molecular formula is C11H18BrN. The molecule has 2 N–H and O–H groups in total. The summed E-state index contributed by atoms with van der Waals surface area (Å²) in [7, 11) is 0. The molecule has 1 nitrogen and oxygen atoms in total. The number of benzene rings is 1. The van der Waals surface area contributed by atoms with Gasteiger partial charge in [-0.2, -0.15) is 0 Å². The molecule has 0 heterocycles. The fraction of sp³-hybridized carbons (Fsp3) is 0.455. The molecular weight excluding hydrogens is 226 g/mol. The minimum atomic E-state index is 0. The molecule has 0 atom stereocenters. The van der Waals surface area contributed by atoms with Gasteiger partial charge in [-0.25, -0.2) is 0 Å². The number of rotatable bonds is 5. The van der Waals surface area contributed by atoms with Gasteiger partial charge in [0.2, 0.25) is 0 Å². The average molecular weight is 244 g/mol. The van der Waals surface area contributed by atoms with Crippen molar-refractivity contribution in [2.45, 2.75) is 25.7 Å². The van der Waals surface area contributed by atoms with Crippen LogP contribution in [0.1, 0.15) is 24.8 Å². The summed E-state index contributed by atoms with van der Waals surface area (Å²) < 4.78 is 0. The van der Waals surface area contributed by atoms with Crippen molar-refractivity contribution < 1.29 is 0 Å². The van der Waals surface area contributed by atoms with Crippen molar-refractivity contribution in [3.8, 4) is 0 Å². The first-order chi connectivity index (χ1) is 5.93. The summed E-state index contributed by atoms with van der Waals surface area (Å²) >= 11 is 0. The van der Waals surface area contributed by atoms with Crippen LogP contribution < -0.4 is 5.73 Å². The lowest BCUT2D eigenvalue weighted by Crippen LogP contribution is -1.98. The predicted octanol–water partition coefficient (Wildman–Crippen LogP) is 2.94. The van der Waals surface area contributed by atoms with E-state index in [1.54, 1.807) is 0 Å². The zero-order valence-corrected chi connectivity index (χ0v) is 9.62. The second-order valence-electron chi connectivity index (χ2n) is 3.08. The monoisotopic (exact) mass is 243 g/mol. The van der Waals surface area contributed by atoms with Gasteiger partial charge in [-0.15, -0.1) is 17.0 Å². The van der Waals surface area contributed by atoms with Crippen molar-refractivity contribution in [2.75, 3.05) is 6.54 Å². The van der Waals surface area contributed by atoms with Gasteiger partial charge in [-0.05, 0) is 31.4 Å². The number of aryl methyl sites for hydroxylation is 1. The summed E-state index contributed by atoms with van der Waals surface area (Å²) in [5.74, 6) is 0. The van der Waals surface area contributed by atoms with E-state index in [1.807, 2.05) is 0 Å². The van der Waals surface area contributed by atoms with Crippen LogP contribution in [0.3, 0.4) is 0 Å². The van der Waals surface area contributed by atoms with Gasteiger partial charge in [0.1, 0.15) is 0 Å². The predicted molar refractivity (Wildman–Crippen MR) is 63.4 cm³/mol. The van der Waals surface area contributed by atoms with Gasteiger partial charge < -0.3 is 5.73 Å². The van der Waals surface area contributed by atoms with Crippen LogP contribution in [0, 0.1) is 0 Å². The minimum Gasteiger partial charge on any atom is -0.330 e. The fourth-order valence-electron chi connectivity index (χ4n) is 1.29. The van der Waals surface area contributed by atoms with E-state index in [0.29, 0.717) is 0 Å². The Morgan fingerprint density at radius 3 is 2.23 bits per heavy atom. The summed E-state index contributed by atoms with van der Waals surface area (Å²) in [6.45, 7) is 0.828. The topological polar surface area (TPSA) is 26.0 Å². The standard InChI is InChI=1S/C11H17N.BrH/c12-10-6-2-5-9-11-7-3-1-4-8-11;/h1,3-4,7-8H,2,5-6,9-10,12H2;1H. The SMILES string of the molecule is Br.NCCCCCc1ccccc1. The smallest absolute Gasteiger partial charge is 0.00773 e. The number of halogens is 1. The minimum absolute atomic E-state index is 0. The van der Waals surface area contributed by atoms with Crippen LogP contribution in [0.2, 0.25) is 0 Å². The number of unbranched alkanes of at least 4 members (excludes halogenated alkanes) is 2. The zero-order valence-electron chi connectivity index (χ0n) is 7.91. The number of hydrogen-bond donors (Lipinski definition) is 1. The van der Waals surface area contributed by atoms with Crippen molar-refractivity contribution in [3.63, 3.8) is 0 Å². The van der Waals surface area contributed by atoms with Gasteiger partial charge in [-0.3, -0.25) is 0 Å². The summed E-state index contributed by atoms with van der Waals surface area (Å²) in [6, 6.07) is 10.6. The van der Waals surface area contributed by atoms with Crippen molar-refractivity contribution in [3.05, 3.63) is 35.9 Å². The summed E-state index contributed by atoms with van der Waals surface area (Å²) in [6.07, 6.45) is 4.88. The third kappa shape index (κ3) is 5.83.